The van der Waals surface area contributed by atoms with E-state index in [4.69, 9.17) is 10.5 Å². The van der Waals surface area contributed by atoms with Crippen molar-refractivity contribution in [1.29, 1.82) is 0 Å². The summed E-state index contributed by atoms with van der Waals surface area (Å²) in [5.41, 5.74) is 5.59. The Hall–Kier alpha value is -2.46. The Morgan fingerprint density at radius 1 is 1.30 bits per heavy atom. The van der Waals surface area contributed by atoms with Crippen LogP contribution in [0.15, 0.2) is 58.6 Å². The molecule has 2 aromatic rings. The molecule has 1 aromatic heterocycles. The predicted octanol–water partition coefficient (Wildman–Crippen LogP) is 4.65. The number of pyridine rings is 1. The van der Waals surface area contributed by atoms with Crippen molar-refractivity contribution >= 4 is 39.9 Å². The molecule has 1 atom stereocenters. The van der Waals surface area contributed by atoms with Crippen molar-refractivity contribution in [1.82, 2.24) is 10.3 Å². The van der Waals surface area contributed by atoms with Crippen LogP contribution in [0.3, 0.4) is 0 Å². The third kappa shape index (κ3) is 5.17. The van der Waals surface area contributed by atoms with Gasteiger partial charge in [0.1, 0.15) is 17.1 Å². The van der Waals surface area contributed by atoms with Gasteiger partial charge in [-0.15, -0.1) is 12.4 Å². The second kappa shape index (κ2) is 8.73. The molecule has 4 N–H and O–H groups in total. The van der Waals surface area contributed by atoms with Crippen LogP contribution < -0.4 is 16.4 Å². The van der Waals surface area contributed by atoms with Crippen molar-refractivity contribution in [2.75, 3.05) is 5.32 Å². The standard InChI is InChI=1S/C19H18BrF3N4O2.ClH/c1-18(2)14(27-16(24)15(29-18)19(21,22)23)10-4-3-5-12(8-10)26-17(28)13-7-6-11(20)9-25-13;/h3-9,14,27H,24H2,1-2H3,(H,26,28);1H. The van der Waals surface area contributed by atoms with Crippen molar-refractivity contribution in [2.24, 2.45) is 5.73 Å². The molecule has 1 aliphatic rings. The van der Waals surface area contributed by atoms with Crippen LogP contribution in [0.2, 0.25) is 0 Å². The zero-order valence-electron chi connectivity index (χ0n) is 15.9. The highest BCUT2D eigenvalue weighted by Gasteiger charge is 2.48. The average Bonchev–Trinajstić information content (AvgIpc) is 2.63. The lowest BCUT2D eigenvalue weighted by molar-refractivity contribution is -0.166. The second-order valence-corrected chi connectivity index (χ2v) is 7.88. The molecule has 0 aliphatic carbocycles. The van der Waals surface area contributed by atoms with E-state index in [-0.39, 0.29) is 18.1 Å². The van der Waals surface area contributed by atoms with Crippen molar-refractivity contribution in [2.45, 2.75) is 31.7 Å². The van der Waals surface area contributed by atoms with Gasteiger partial charge in [0, 0.05) is 16.4 Å². The summed E-state index contributed by atoms with van der Waals surface area (Å²) in [6, 6.07) is 9.28. The fourth-order valence-electron chi connectivity index (χ4n) is 2.97. The number of carbonyl (C=O) groups excluding carboxylic acids is 1. The topological polar surface area (TPSA) is 89.3 Å². The molecule has 0 saturated carbocycles. The molecule has 1 aliphatic heterocycles. The normalized spacial score (nSPS) is 18.0. The first kappa shape index (κ1) is 23.8. The number of aromatic nitrogens is 1. The third-order valence-corrected chi connectivity index (χ3v) is 4.77. The zero-order valence-corrected chi connectivity index (χ0v) is 18.3. The summed E-state index contributed by atoms with van der Waals surface area (Å²) in [5.74, 6) is -2.25. The van der Waals surface area contributed by atoms with Gasteiger partial charge in [0.05, 0.1) is 6.04 Å². The fraction of sp³-hybridized carbons (Fsp3) is 0.263. The Bertz CT molecular complexity index is 965. The lowest BCUT2D eigenvalue weighted by Gasteiger charge is -2.41. The van der Waals surface area contributed by atoms with Gasteiger partial charge in [-0.25, -0.2) is 4.98 Å². The molecule has 1 aromatic carbocycles. The number of rotatable bonds is 3. The number of anilines is 1. The number of hydrogen-bond acceptors (Lipinski definition) is 5. The SMILES string of the molecule is CC1(C)OC(C(F)(F)F)=C(N)NC1c1cccc(NC(=O)c2ccc(Br)cn2)c1.Cl. The highest BCUT2D eigenvalue weighted by Crippen LogP contribution is 2.41. The number of ether oxygens (including phenoxy) is 1. The molecule has 3 rings (SSSR count). The van der Waals surface area contributed by atoms with Crippen LogP contribution in [0.1, 0.15) is 35.9 Å². The predicted molar refractivity (Wildman–Crippen MR) is 112 cm³/mol. The third-order valence-electron chi connectivity index (χ3n) is 4.30. The first-order valence-electron chi connectivity index (χ1n) is 8.53. The minimum absolute atomic E-state index is 0. The highest BCUT2D eigenvalue weighted by molar-refractivity contribution is 9.10. The quantitative estimate of drug-likeness (QED) is 0.563. The van der Waals surface area contributed by atoms with E-state index < -0.39 is 35.3 Å². The van der Waals surface area contributed by atoms with Crippen molar-refractivity contribution in [3.8, 4) is 0 Å². The number of benzene rings is 1. The number of hydrogen-bond donors (Lipinski definition) is 3. The molecule has 0 radical (unpaired) electrons. The lowest BCUT2D eigenvalue weighted by Crippen LogP contribution is -2.49. The van der Waals surface area contributed by atoms with Gasteiger partial charge in [-0.05, 0) is 59.6 Å². The van der Waals surface area contributed by atoms with E-state index in [0.29, 0.717) is 11.3 Å². The molecule has 162 valence electrons. The maximum Gasteiger partial charge on any atom is 0.452 e. The molecule has 2 heterocycles. The summed E-state index contributed by atoms with van der Waals surface area (Å²) < 4.78 is 45.2. The summed E-state index contributed by atoms with van der Waals surface area (Å²) in [4.78, 5) is 16.4. The van der Waals surface area contributed by atoms with E-state index >= 15 is 0 Å². The van der Waals surface area contributed by atoms with Gasteiger partial charge >= 0.3 is 6.18 Å². The van der Waals surface area contributed by atoms with Crippen molar-refractivity contribution in [3.05, 3.63) is 69.9 Å². The minimum atomic E-state index is -4.70. The van der Waals surface area contributed by atoms with Crippen molar-refractivity contribution < 1.29 is 22.7 Å². The van der Waals surface area contributed by atoms with Gasteiger partial charge in [-0.2, -0.15) is 13.2 Å². The first-order valence-corrected chi connectivity index (χ1v) is 9.32. The molecule has 0 fully saturated rings. The van der Waals surface area contributed by atoms with Gasteiger partial charge in [0.15, 0.2) is 0 Å². The van der Waals surface area contributed by atoms with E-state index in [1.54, 1.807) is 36.4 Å². The van der Waals surface area contributed by atoms with E-state index in [2.05, 4.69) is 31.5 Å². The van der Waals surface area contributed by atoms with E-state index in [1.807, 2.05) is 0 Å². The Kier molecular flexibility index (Phi) is 6.93. The van der Waals surface area contributed by atoms with Crippen LogP contribution in [0, 0.1) is 0 Å². The molecule has 6 nitrogen and oxygen atoms in total. The molecule has 1 unspecified atom stereocenters. The Labute approximate surface area is 185 Å². The van der Waals surface area contributed by atoms with E-state index in [1.165, 1.54) is 20.0 Å². The molecular formula is C19H19BrClF3N4O2. The number of alkyl halides is 3. The summed E-state index contributed by atoms with van der Waals surface area (Å²) in [5, 5.41) is 5.40. The van der Waals surface area contributed by atoms with Crippen LogP contribution in [-0.2, 0) is 4.74 Å². The lowest BCUT2D eigenvalue weighted by atomic mass is 9.90. The van der Waals surface area contributed by atoms with Crippen LogP contribution >= 0.6 is 28.3 Å². The zero-order chi connectivity index (χ0) is 21.4. The van der Waals surface area contributed by atoms with Crippen LogP contribution in [0.5, 0.6) is 0 Å². The summed E-state index contributed by atoms with van der Waals surface area (Å²) in [7, 11) is 0. The van der Waals surface area contributed by atoms with Crippen LogP contribution in [-0.4, -0.2) is 22.7 Å². The Morgan fingerprint density at radius 3 is 2.60 bits per heavy atom. The summed E-state index contributed by atoms with van der Waals surface area (Å²) in [6.45, 7) is 3.06. The van der Waals surface area contributed by atoms with Gasteiger partial charge < -0.3 is 21.1 Å². The highest BCUT2D eigenvalue weighted by atomic mass is 79.9. The molecule has 0 spiro atoms. The van der Waals surface area contributed by atoms with Crippen LogP contribution in [0.25, 0.3) is 0 Å². The molecule has 30 heavy (non-hydrogen) atoms. The maximum atomic E-state index is 13.1. The maximum absolute atomic E-state index is 13.1. The number of allylic oxidation sites excluding steroid dienone is 1. The van der Waals surface area contributed by atoms with Crippen molar-refractivity contribution in [3.63, 3.8) is 0 Å². The van der Waals surface area contributed by atoms with Gasteiger partial charge in [-0.1, -0.05) is 12.1 Å². The molecule has 11 heteroatoms. The number of carbonyl (C=O) groups is 1. The fourth-order valence-corrected chi connectivity index (χ4v) is 3.20. The van der Waals surface area contributed by atoms with Crippen LogP contribution in [0.4, 0.5) is 18.9 Å². The average molecular weight is 508 g/mol. The Balaban J connectivity index is 0.00000320. The van der Waals surface area contributed by atoms with Gasteiger partial charge in [0.2, 0.25) is 5.76 Å². The first-order chi connectivity index (χ1) is 13.5. The van der Waals surface area contributed by atoms with Gasteiger partial charge in [0.25, 0.3) is 5.91 Å². The number of nitrogens with two attached hydrogens (primary N) is 1. The monoisotopic (exact) mass is 506 g/mol. The largest absolute Gasteiger partial charge is 0.478 e. The van der Waals surface area contributed by atoms with E-state index in [0.717, 1.165) is 4.47 Å². The smallest absolute Gasteiger partial charge is 0.452 e. The molecule has 0 saturated heterocycles. The number of nitrogens with one attached hydrogen (secondary N) is 2. The minimum Gasteiger partial charge on any atom is -0.478 e. The number of halogens is 5. The van der Waals surface area contributed by atoms with Gasteiger partial charge in [-0.3, -0.25) is 4.79 Å². The molecular weight excluding hydrogens is 489 g/mol. The summed E-state index contributed by atoms with van der Waals surface area (Å²) in [6.07, 6.45) is -3.20. The second-order valence-electron chi connectivity index (χ2n) is 6.96. The Morgan fingerprint density at radius 2 is 2.00 bits per heavy atom. The number of amides is 1. The molecule has 1 amide bonds. The summed E-state index contributed by atoms with van der Waals surface area (Å²) >= 11 is 3.25. The van der Waals surface area contributed by atoms with E-state index in [9.17, 15) is 18.0 Å². The molecule has 0 bridgehead atoms. The number of nitrogens with zero attached hydrogens (tertiary/aromatic N) is 1.